The maximum atomic E-state index is 5.26. The molecule has 70 valence electrons. The lowest BCUT2D eigenvalue weighted by Gasteiger charge is -2.01. The van der Waals surface area contributed by atoms with E-state index in [9.17, 15) is 0 Å². The lowest BCUT2D eigenvalue weighted by molar-refractivity contribution is 0.242. The third kappa shape index (κ3) is 5.19. The molecule has 0 radical (unpaired) electrons. The van der Waals surface area contributed by atoms with E-state index in [2.05, 4.69) is 12.2 Å². The second-order valence-electron chi connectivity index (χ2n) is 3.23. The highest BCUT2D eigenvalue weighted by molar-refractivity contribution is 4.80. The first kappa shape index (κ1) is 9.59. The molecule has 2 nitrogen and oxygen atoms in total. The minimum absolute atomic E-state index is 0.830. The summed E-state index contributed by atoms with van der Waals surface area (Å²) in [5.74, 6) is 0. The first-order valence-corrected chi connectivity index (χ1v) is 4.93. The highest BCUT2D eigenvalue weighted by atomic mass is 16.5. The molecule has 0 aliphatic heterocycles. The molecule has 0 amide bonds. The molecule has 0 unspecified atom stereocenters. The molecule has 2 heteroatoms. The van der Waals surface area contributed by atoms with Crippen molar-refractivity contribution < 1.29 is 4.74 Å². The van der Waals surface area contributed by atoms with Gasteiger partial charge in [-0.2, -0.15) is 0 Å². The second-order valence-corrected chi connectivity index (χ2v) is 3.23. The highest BCUT2D eigenvalue weighted by Crippen LogP contribution is 2.18. The molecule has 0 spiro atoms. The van der Waals surface area contributed by atoms with Crippen molar-refractivity contribution in [3.8, 4) is 0 Å². The average molecular weight is 169 g/mol. The van der Waals surface area contributed by atoms with Gasteiger partial charge in [0, 0.05) is 6.04 Å². The standard InChI is InChI=1S/C10H19NO/c1-2-3-8-12-9-4-7-11-10-5-6-10/h3,8,10-11H,2,4-7,9H2,1H3/b8-3+. The van der Waals surface area contributed by atoms with Crippen LogP contribution < -0.4 is 5.32 Å². The topological polar surface area (TPSA) is 21.3 Å². The molecule has 0 saturated heterocycles. The Morgan fingerprint density at radius 2 is 2.33 bits per heavy atom. The molecule has 1 aliphatic carbocycles. The average Bonchev–Trinajstić information content (AvgIpc) is 2.87. The molecular formula is C10H19NO. The number of rotatable bonds is 7. The van der Waals surface area contributed by atoms with Gasteiger partial charge < -0.3 is 10.1 Å². The second kappa shape index (κ2) is 6.06. The van der Waals surface area contributed by atoms with E-state index in [0.717, 1.165) is 32.0 Å². The van der Waals surface area contributed by atoms with Crippen LogP contribution in [-0.2, 0) is 4.74 Å². The monoisotopic (exact) mass is 169 g/mol. The van der Waals surface area contributed by atoms with Crippen LogP contribution in [0.25, 0.3) is 0 Å². The summed E-state index contributed by atoms with van der Waals surface area (Å²) in [5.41, 5.74) is 0. The van der Waals surface area contributed by atoms with Crippen LogP contribution in [0, 0.1) is 0 Å². The van der Waals surface area contributed by atoms with Crippen LogP contribution in [0.5, 0.6) is 0 Å². The molecule has 1 aliphatic rings. The summed E-state index contributed by atoms with van der Waals surface area (Å²) < 4.78 is 5.26. The van der Waals surface area contributed by atoms with Crippen LogP contribution in [0.1, 0.15) is 32.6 Å². The van der Waals surface area contributed by atoms with Gasteiger partial charge in [-0.05, 0) is 32.2 Å². The first-order valence-electron chi connectivity index (χ1n) is 4.93. The lowest BCUT2D eigenvalue weighted by atomic mass is 10.4. The Kier molecular flexibility index (Phi) is 4.85. The molecule has 1 saturated carbocycles. The van der Waals surface area contributed by atoms with Crippen molar-refractivity contribution in [2.75, 3.05) is 13.2 Å². The molecule has 0 aromatic carbocycles. The maximum absolute atomic E-state index is 5.26. The van der Waals surface area contributed by atoms with Gasteiger partial charge in [0.1, 0.15) is 0 Å². The van der Waals surface area contributed by atoms with E-state index in [1.807, 2.05) is 6.08 Å². The van der Waals surface area contributed by atoms with Gasteiger partial charge >= 0.3 is 0 Å². The van der Waals surface area contributed by atoms with Gasteiger partial charge in [-0.15, -0.1) is 0 Å². The van der Waals surface area contributed by atoms with E-state index in [0.29, 0.717) is 0 Å². The van der Waals surface area contributed by atoms with Crippen LogP contribution in [0.4, 0.5) is 0 Å². The van der Waals surface area contributed by atoms with Crippen LogP contribution in [-0.4, -0.2) is 19.2 Å². The van der Waals surface area contributed by atoms with E-state index >= 15 is 0 Å². The largest absolute Gasteiger partial charge is 0.501 e. The smallest absolute Gasteiger partial charge is 0.0885 e. The van der Waals surface area contributed by atoms with Crippen LogP contribution in [0.15, 0.2) is 12.3 Å². The zero-order valence-electron chi connectivity index (χ0n) is 7.88. The fourth-order valence-corrected chi connectivity index (χ4v) is 0.981. The molecule has 0 heterocycles. The van der Waals surface area contributed by atoms with Gasteiger partial charge in [0.05, 0.1) is 12.9 Å². The summed E-state index contributed by atoms with van der Waals surface area (Å²) in [6.07, 6.45) is 8.75. The molecule has 1 fully saturated rings. The molecule has 0 aromatic heterocycles. The summed E-state index contributed by atoms with van der Waals surface area (Å²) in [6.45, 7) is 4.05. The van der Waals surface area contributed by atoms with E-state index < -0.39 is 0 Å². The zero-order chi connectivity index (χ0) is 8.65. The van der Waals surface area contributed by atoms with Crippen molar-refractivity contribution in [3.05, 3.63) is 12.3 Å². The first-order chi connectivity index (χ1) is 5.93. The zero-order valence-corrected chi connectivity index (χ0v) is 7.88. The molecule has 0 aromatic rings. The minimum Gasteiger partial charge on any atom is -0.501 e. The van der Waals surface area contributed by atoms with Crippen molar-refractivity contribution in [1.29, 1.82) is 0 Å². The summed E-state index contributed by atoms with van der Waals surface area (Å²) in [5, 5.41) is 3.44. The summed E-state index contributed by atoms with van der Waals surface area (Å²) >= 11 is 0. The lowest BCUT2D eigenvalue weighted by Crippen LogP contribution is -2.18. The van der Waals surface area contributed by atoms with Crippen LogP contribution in [0.3, 0.4) is 0 Å². The quantitative estimate of drug-likeness (QED) is 0.465. The van der Waals surface area contributed by atoms with Crippen LogP contribution >= 0.6 is 0 Å². The van der Waals surface area contributed by atoms with Crippen LogP contribution in [0.2, 0.25) is 0 Å². The number of allylic oxidation sites excluding steroid dienone is 1. The van der Waals surface area contributed by atoms with E-state index in [1.54, 1.807) is 6.26 Å². The third-order valence-corrected chi connectivity index (χ3v) is 1.88. The van der Waals surface area contributed by atoms with Gasteiger partial charge in [0.2, 0.25) is 0 Å². The SMILES string of the molecule is CC/C=C/OCCCNC1CC1. The predicted molar refractivity (Wildman–Crippen MR) is 51.0 cm³/mol. The molecule has 1 N–H and O–H groups in total. The van der Waals surface area contributed by atoms with Gasteiger partial charge in [-0.3, -0.25) is 0 Å². The van der Waals surface area contributed by atoms with Crippen molar-refractivity contribution in [2.24, 2.45) is 0 Å². The Balaban J connectivity index is 1.72. The van der Waals surface area contributed by atoms with E-state index in [4.69, 9.17) is 4.74 Å². The molecule has 12 heavy (non-hydrogen) atoms. The molecule has 0 bridgehead atoms. The van der Waals surface area contributed by atoms with Crippen molar-refractivity contribution in [3.63, 3.8) is 0 Å². The summed E-state index contributed by atoms with van der Waals surface area (Å²) in [4.78, 5) is 0. The Bertz CT molecular complexity index is 130. The number of hydrogen-bond acceptors (Lipinski definition) is 2. The third-order valence-electron chi connectivity index (χ3n) is 1.88. The Morgan fingerprint density at radius 3 is 3.00 bits per heavy atom. The van der Waals surface area contributed by atoms with Crippen molar-refractivity contribution in [1.82, 2.24) is 5.32 Å². The number of ether oxygens (including phenoxy) is 1. The summed E-state index contributed by atoms with van der Waals surface area (Å²) in [6, 6.07) is 0.830. The van der Waals surface area contributed by atoms with Crippen molar-refractivity contribution >= 4 is 0 Å². The fraction of sp³-hybridized carbons (Fsp3) is 0.800. The Morgan fingerprint density at radius 1 is 1.50 bits per heavy atom. The normalized spacial score (nSPS) is 17.1. The maximum Gasteiger partial charge on any atom is 0.0885 e. The number of hydrogen-bond donors (Lipinski definition) is 1. The minimum atomic E-state index is 0.830. The van der Waals surface area contributed by atoms with E-state index in [-0.39, 0.29) is 0 Å². The van der Waals surface area contributed by atoms with Gasteiger partial charge in [0.15, 0.2) is 0 Å². The number of nitrogens with one attached hydrogen (secondary N) is 1. The summed E-state index contributed by atoms with van der Waals surface area (Å²) in [7, 11) is 0. The Hall–Kier alpha value is -0.500. The van der Waals surface area contributed by atoms with Gasteiger partial charge in [-0.25, -0.2) is 0 Å². The Labute approximate surface area is 75.0 Å². The highest BCUT2D eigenvalue weighted by Gasteiger charge is 2.19. The van der Waals surface area contributed by atoms with Gasteiger partial charge in [-0.1, -0.05) is 13.0 Å². The molecular weight excluding hydrogens is 150 g/mol. The fourth-order valence-electron chi connectivity index (χ4n) is 0.981. The predicted octanol–water partition coefficient (Wildman–Crippen LogP) is 2.07. The van der Waals surface area contributed by atoms with Gasteiger partial charge in [0.25, 0.3) is 0 Å². The molecule has 1 rings (SSSR count). The van der Waals surface area contributed by atoms with E-state index in [1.165, 1.54) is 12.8 Å². The molecule has 0 atom stereocenters. The van der Waals surface area contributed by atoms with Crippen molar-refractivity contribution in [2.45, 2.75) is 38.6 Å².